The Morgan fingerprint density at radius 3 is 2.44 bits per heavy atom. The predicted molar refractivity (Wildman–Crippen MR) is 125 cm³/mol. The average molecular weight is 496 g/mol. The molecule has 1 saturated heterocycles. The first-order valence-electron chi connectivity index (χ1n) is 10.7. The van der Waals surface area contributed by atoms with Gasteiger partial charge in [0.1, 0.15) is 12.7 Å². The first kappa shape index (κ1) is 27.1. The minimum atomic E-state index is -0.859. The Morgan fingerprint density at radius 2 is 1.88 bits per heavy atom. The van der Waals surface area contributed by atoms with Gasteiger partial charge in [-0.05, 0) is 25.8 Å². The van der Waals surface area contributed by atoms with Crippen molar-refractivity contribution in [2.75, 3.05) is 25.4 Å². The molecule has 1 heterocycles. The van der Waals surface area contributed by atoms with E-state index >= 15 is 0 Å². The second-order valence-corrected chi connectivity index (χ2v) is 8.18. The maximum Gasteiger partial charge on any atom is 0.410 e. The van der Waals surface area contributed by atoms with Crippen LogP contribution in [0, 0.1) is 16.0 Å². The number of para-hydroxylation sites is 1. The fourth-order valence-corrected chi connectivity index (χ4v) is 3.64. The molecule has 1 aromatic rings. The van der Waals surface area contributed by atoms with Gasteiger partial charge in [-0.1, -0.05) is 18.7 Å². The van der Waals surface area contributed by atoms with E-state index in [1.54, 1.807) is 6.07 Å². The number of nitrogens with zero attached hydrogens (tertiary/aromatic N) is 2. The van der Waals surface area contributed by atoms with Crippen LogP contribution in [-0.2, 0) is 30.4 Å². The van der Waals surface area contributed by atoms with Crippen LogP contribution in [0.1, 0.15) is 25.3 Å². The largest absolute Gasteiger partial charge is 0.457 e. The zero-order valence-electron chi connectivity index (χ0n) is 18.9. The lowest BCUT2D eigenvalue weighted by atomic mass is 9.97. The molecule has 0 spiro atoms. The number of ether oxygens (including phenoxy) is 3. The number of piperidine rings is 1. The highest BCUT2D eigenvalue weighted by Crippen LogP contribution is 2.23. The van der Waals surface area contributed by atoms with Gasteiger partial charge in [-0.15, -0.1) is 0 Å². The number of esters is 2. The molecule has 11 nitrogen and oxygen atoms in total. The fourth-order valence-electron chi connectivity index (χ4n) is 3.33. The van der Waals surface area contributed by atoms with Gasteiger partial charge in [-0.3, -0.25) is 14.9 Å². The van der Waals surface area contributed by atoms with E-state index in [2.05, 4.69) is 19.2 Å². The first-order chi connectivity index (χ1) is 16.2. The molecule has 0 aliphatic carbocycles. The summed E-state index contributed by atoms with van der Waals surface area (Å²) in [4.78, 5) is 48.8. The Hall–Kier alpha value is -3.12. The molecular formula is C22H29N3O8S. The van der Waals surface area contributed by atoms with Gasteiger partial charge >= 0.3 is 18.0 Å². The maximum absolute atomic E-state index is 12.6. The summed E-state index contributed by atoms with van der Waals surface area (Å²) in [6.07, 6.45) is -1.61. The van der Waals surface area contributed by atoms with Crippen molar-refractivity contribution in [3.05, 3.63) is 52.1 Å². The average Bonchev–Trinajstić information content (AvgIpc) is 2.84. The van der Waals surface area contributed by atoms with Crippen LogP contribution in [0.5, 0.6) is 0 Å². The number of amides is 1. The molecule has 12 heteroatoms. The molecule has 2 N–H and O–H groups in total. The second-order valence-electron chi connectivity index (χ2n) is 7.82. The van der Waals surface area contributed by atoms with Crippen LogP contribution in [0.15, 0.2) is 36.4 Å². The maximum atomic E-state index is 12.6. The molecule has 1 aliphatic heterocycles. The lowest BCUT2D eigenvalue weighted by Crippen LogP contribution is -2.45. The first-order valence-corrected chi connectivity index (χ1v) is 11.3. The van der Waals surface area contributed by atoms with Crippen molar-refractivity contribution < 1.29 is 33.5 Å². The Labute approximate surface area is 202 Å². The summed E-state index contributed by atoms with van der Waals surface area (Å²) in [6.45, 7) is 5.24. The number of hydrogen-bond donors (Lipinski definition) is 2. The molecule has 0 bridgehead atoms. The van der Waals surface area contributed by atoms with E-state index in [1.807, 2.05) is 0 Å². The molecule has 2 rings (SSSR count). The minimum Gasteiger partial charge on any atom is -0.457 e. The lowest BCUT2D eigenvalue weighted by molar-refractivity contribution is -0.385. The molecule has 2 unspecified atom stereocenters. The predicted octanol–water partition coefficient (Wildman–Crippen LogP) is 2.23. The number of carbonyl (C=O) groups is 3. The quantitative estimate of drug-likeness (QED) is 0.124. The third-order valence-corrected chi connectivity index (χ3v) is 5.69. The van der Waals surface area contributed by atoms with E-state index in [4.69, 9.17) is 19.9 Å². The monoisotopic (exact) mass is 495 g/mol. The number of likely N-dealkylation sites (tertiary alicyclic amines) is 1. The van der Waals surface area contributed by atoms with Gasteiger partial charge < -0.3 is 24.8 Å². The fraction of sp³-hybridized carbons (Fsp3) is 0.500. The van der Waals surface area contributed by atoms with Gasteiger partial charge in [0.05, 0.1) is 16.4 Å². The third-order valence-electron chi connectivity index (χ3n) is 5.33. The van der Waals surface area contributed by atoms with Crippen LogP contribution in [0.2, 0.25) is 0 Å². The molecule has 186 valence electrons. The Bertz CT molecular complexity index is 917. The zero-order valence-corrected chi connectivity index (χ0v) is 19.8. The Balaban J connectivity index is 1.85. The summed E-state index contributed by atoms with van der Waals surface area (Å²) < 4.78 is 16.0. The number of hydrogen-bond acceptors (Lipinski definition) is 10. The molecule has 1 amide bonds. The molecule has 0 aromatic heterocycles. The van der Waals surface area contributed by atoms with Crippen molar-refractivity contribution in [2.24, 2.45) is 11.7 Å². The number of benzene rings is 1. The van der Waals surface area contributed by atoms with E-state index in [1.165, 1.54) is 30.0 Å². The van der Waals surface area contributed by atoms with Crippen molar-refractivity contribution in [1.82, 2.24) is 4.90 Å². The molecule has 1 aliphatic rings. The zero-order chi connectivity index (χ0) is 25.3. The van der Waals surface area contributed by atoms with Crippen LogP contribution in [0.3, 0.4) is 0 Å². The van der Waals surface area contributed by atoms with Crippen molar-refractivity contribution in [3.8, 4) is 0 Å². The highest BCUT2D eigenvalue weighted by Gasteiger charge is 2.33. The summed E-state index contributed by atoms with van der Waals surface area (Å²) in [5.74, 6) is -1.48. The summed E-state index contributed by atoms with van der Waals surface area (Å²) in [6, 6.07) is 6.02. The van der Waals surface area contributed by atoms with Gasteiger partial charge in [0, 0.05) is 37.0 Å². The Kier molecular flexibility index (Phi) is 10.3. The number of thiol groups is 1. The number of carbonyl (C=O) groups excluding carboxylic acids is 3. The minimum absolute atomic E-state index is 0.0542. The third kappa shape index (κ3) is 7.45. The van der Waals surface area contributed by atoms with Crippen molar-refractivity contribution in [3.63, 3.8) is 0 Å². The normalized spacial score (nSPS) is 15.7. The van der Waals surface area contributed by atoms with E-state index in [0.29, 0.717) is 18.4 Å². The van der Waals surface area contributed by atoms with E-state index in [9.17, 15) is 24.5 Å². The molecular weight excluding hydrogens is 466 g/mol. The van der Waals surface area contributed by atoms with Gasteiger partial charge in [0.15, 0.2) is 6.10 Å². The number of nitrogens with two attached hydrogens (primary N) is 1. The summed E-state index contributed by atoms with van der Waals surface area (Å²) in [5.41, 5.74) is 6.04. The standard InChI is InChI=1S/C22H29N3O8S/c1-14(2)20(26)32-18(11-23)19(13-34)33-21(27)15-7-9-24(10-8-15)22(28)31-12-16-5-3-4-6-17(16)25(29)30/h3-6,15,18-19,34H,1,7-13,23H2,2H3. The molecule has 1 fully saturated rings. The van der Waals surface area contributed by atoms with Gasteiger partial charge in [-0.2, -0.15) is 12.6 Å². The van der Waals surface area contributed by atoms with E-state index in [-0.39, 0.29) is 43.3 Å². The highest BCUT2D eigenvalue weighted by molar-refractivity contribution is 7.80. The van der Waals surface area contributed by atoms with Crippen molar-refractivity contribution in [1.29, 1.82) is 0 Å². The summed E-state index contributed by atoms with van der Waals surface area (Å²) in [5, 5.41) is 11.1. The molecule has 1 aromatic carbocycles. The highest BCUT2D eigenvalue weighted by atomic mass is 32.1. The number of nitro groups is 1. The van der Waals surface area contributed by atoms with Crippen molar-refractivity contribution >= 4 is 36.3 Å². The van der Waals surface area contributed by atoms with Crippen LogP contribution in [0.25, 0.3) is 0 Å². The lowest BCUT2D eigenvalue weighted by Gasteiger charge is -2.32. The molecule has 0 saturated carbocycles. The van der Waals surface area contributed by atoms with Crippen LogP contribution in [0.4, 0.5) is 10.5 Å². The molecule has 34 heavy (non-hydrogen) atoms. The van der Waals surface area contributed by atoms with Gasteiger partial charge in [0.2, 0.25) is 0 Å². The van der Waals surface area contributed by atoms with Gasteiger partial charge in [0.25, 0.3) is 5.69 Å². The van der Waals surface area contributed by atoms with E-state index < -0.39 is 41.1 Å². The number of rotatable bonds is 10. The van der Waals surface area contributed by atoms with Crippen LogP contribution >= 0.6 is 12.6 Å². The molecule has 0 radical (unpaired) electrons. The topological polar surface area (TPSA) is 151 Å². The molecule has 2 atom stereocenters. The Morgan fingerprint density at radius 1 is 1.24 bits per heavy atom. The summed E-state index contributed by atoms with van der Waals surface area (Å²) in [7, 11) is 0. The van der Waals surface area contributed by atoms with Gasteiger partial charge in [-0.25, -0.2) is 9.59 Å². The number of nitro benzene ring substituents is 1. The van der Waals surface area contributed by atoms with Crippen molar-refractivity contribution in [2.45, 2.75) is 38.6 Å². The van der Waals surface area contributed by atoms with Crippen LogP contribution < -0.4 is 5.73 Å². The summed E-state index contributed by atoms with van der Waals surface area (Å²) >= 11 is 4.18. The van der Waals surface area contributed by atoms with E-state index in [0.717, 1.165) is 0 Å². The second kappa shape index (κ2) is 12.9. The SMILES string of the molecule is C=C(C)C(=O)OC(CN)C(CS)OC(=O)C1CCN(C(=O)OCc2ccccc2[N+](=O)[O-])CC1. The van der Waals surface area contributed by atoms with Crippen LogP contribution in [-0.4, -0.2) is 65.5 Å². The smallest absolute Gasteiger partial charge is 0.410 e.